The minimum atomic E-state index is 0.774. The first-order valence-corrected chi connectivity index (χ1v) is 5.40. The molecule has 2 aromatic heterocycles. The molecule has 0 saturated carbocycles. The van der Waals surface area contributed by atoms with Gasteiger partial charge in [0, 0.05) is 13.6 Å². The molecule has 0 unspecified atom stereocenters. The number of nitrogens with one attached hydrogen (secondary N) is 1. The quantitative estimate of drug-likeness (QED) is 0.745. The lowest BCUT2D eigenvalue weighted by molar-refractivity contribution is 0.641. The van der Waals surface area contributed by atoms with Gasteiger partial charge in [-0.05, 0) is 13.0 Å². The third-order valence-electron chi connectivity index (χ3n) is 2.29. The van der Waals surface area contributed by atoms with E-state index in [0.29, 0.717) is 0 Å². The van der Waals surface area contributed by atoms with Crippen LogP contribution in [0.5, 0.6) is 0 Å². The van der Waals surface area contributed by atoms with E-state index < -0.39 is 0 Å². The van der Waals surface area contributed by atoms with E-state index in [-0.39, 0.29) is 0 Å². The average Bonchev–Trinajstić information content (AvgIpc) is 2.87. The predicted molar refractivity (Wildman–Crippen MR) is 60.1 cm³/mol. The summed E-state index contributed by atoms with van der Waals surface area (Å²) < 4.78 is 3.55. The third-order valence-corrected chi connectivity index (χ3v) is 2.29. The fourth-order valence-corrected chi connectivity index (χ4v) is 1.51. The first-order valence-electron chi connectivity index (χ1n) is 5.40. The number of hydrogen-bond acceptors (Lipinski definition) is 4. The molecule has 0 aromatic carbocycles. The predicted octanol–water partition coefficient (Wildman–Crippen LogP) is 0.500. The van der Waals surface area contributed by atoms with Crippen molar-refractivity contribution in [1.82, 2.24) is 30.1 Å². The van der Waals surface area contributed by atoms with Crippen molar-refractivity contribution in [3.63, 3.8) is 0 Å². The second-order valence-corrected chi connectivity index (χ2v) is 3.69. The second kappa shape index (κ2) is 4.89. The van der Waals surface area contributed by atoms with Crippen molar-refractivity contribution in [1.29, 1.82) is 0 Å². The summed E-state index contributed by atoms with van der Waals surface area (Å²) in [6.07, 6.45) is 6.58. The van der Waals surface area contributed by atoms with Gasteiger partial charge >= 0.3 is 0 Å². The fraction of sp³-hybridized carbons (Fsp3) is 0.500. The van der Waals surface area contributed by atoms with E-state index in [4.69, 9.17) is 0 Å². The van der Waals surface area contributed by atoms with Crippen molar-refractivity contribution >= 4 is 0 Å². The van der Waals surface area contributed by atoms with Crippen LogP contribution in [0.3, 0.4) is 0 Å². The van der Waals surface area contributed by atoms with Gasteiger partial charge in [0.1, 0.15) is 5.69 Å². The van der Waals surface area contributed by atoms with Crippen LogP contribution in [-0.2, 0) is 13.6 Å². The van der Waals surface area contributed by atoms with Crippen molar-refractivity contribution in [2.24, 2.45) is 7.05 Å². The molecule has 0 aliphatic heterocycles. The lowest BCUT2D eigenvalue weighted by Gasteiger charge is -2.04. The molecule has 0 atom stereocenters. The van der Waals surface area contributed by atoms with Crippen molar-refractivity contribution in [3.8, 4) is 5.69 Å². The molecule has 6 nitrogen and oxygen atoms in total. The zero-order valence-corrected chi connectivity index (χ0v) is 9.59. The zero-order chi connectivity index (χ0) is 11.4. The minimum Gasteiger partial charge on any atom is -0.311 e. The Morgan fingerprint density at radius 2 is 2.25 bits per heavy atom. The number of aromatic nitrogens is 5. The van der Waals surface area contributed by atoms with Crippen LogP contribution >= 0.6 is 0 Å². The van der Waals surface area contributed by atoms with Crippen LogP contribution in [-0.4, -0.2) is 31.3 Å². The molecule has 0 bridgehead atoms. The Hall–Kier alpha value is -1.69. The van der Waals surface area contributed by atoms with Crippen molar-refractivity contribution < 1.29 is 0 Å². The van der Waals surface area contributed by atoms with Crippen LogP contribution in [0.1, 0.15) is 19.0 Å². The summed E-state index contributed by atoms with van der Waals surface area (Å²) in [7, 11) is 1.88. The summed E-state index contributed by atoms with van der Waals surface area (Å²) >= 11 is 0. The molecule has 0 radical (unpaired) electrons. The van der Waals surface area contributed by atoms with E-state index in [0.717, 1.165) is 30.9 Å². The molecule has 6 heteroatoms. The molecule has 16 heavy (non-hydrogen) atoms. The molecule has 86 valence electrons. The van der Waals surface area contributed by atoms with E-state index >= 15 is 0 Å². The molecule has 0 aliphatic carbocycles. The number of hydrogen-bond donors (Lipinski definition) is 1. The Morgan fingerprint density at radius 3 is 2.94 bits per heavy atom. The van der Waals surface area contributed by atoms with E-state index in [1.807, 2.05) is 13.2 Å². The van der Waals surface area contributed by atoms with Crippen LogP contribution in [0.4, 0.5) is 0 Å². The number of aryl methyl sites for hydroxylation is 1. The molecule has 0 aliphatic rings. The van der Waals surface area contributed by atoms with Crippen LogP contribution < -0.4 is 5.32 Å². The molecular formula is C10H16N6. The number of nitrogens with zero attached hydrogens (tertiary/aromatic N) is 5. The van der Waals surface area contributed by atoms with Crippen LogP contribution in [0.15, 0.2) is 18.6 Å². The van der Waals surface area contributed by atoms with Gasteiger partial charge in [-0.3, -0.25) is 4.68 Å². The SMILES string of the molecule is CCCNCc1cnnn1-c1cnn(C)c1. The summed E-state index contributed by atoms with van der Waals surface area (Å²) in [4.78, 5) is 0. The summed E-state index contributed by atoms with van der Waals surface area (Å²) in [5, 5.41) is 15.4. The number of rotatable bonds is 5. The van der Waals surface area contributed by atoms with Gasteiger partial charge in [-0.2, -0.15) is 5.10 Å². The highest BCUT2D eigenvalue weighted by molar-refractivity contribution is 5.25. The Labute approximate surface area is 94.3 Å². The third kappa shape index (κ3) is 2.27. The van der Waals surface area contributed by atoms with E-state index in [9.17, 15) is 0 Å². The largest absolute Gasteiger partial charge is 0.311 e. The lowest BCUT2D eigenvalue weighted by atomic mass is 10.4. The Morgan fingerprint density at radius 1 is 1.38 bits per heavy atom. The summed E-state index contributed by atoms with van der Waals surface area (Å²) in [6.45, 7) is 3.91. The van der Waals surface area contributed by atoms with E-state index in [1.165, 1.54) is 0 Å². The lowest BCUT2D eigenvalue weighted by Crippen LogP contribution is -2.16. The smallest absolute Gasteiger partial charge is 0.105 e. The van der Waals surface area contributed by atoms with Gasteiger partial charge in [-0.15, -0.1) is 5.10 Å². The van der Waals surface area contributed by atoms with Crippen molar-refractivity contribution in [2.45, 2.75) is 19.9 Å². The zero-order valence-electron chi connectivity index (χ0n) is 9.59. The van der Waals surface area contributed by atoms with Crippen molar-refractivity contribution in [2.75, 3.05) is 6.54 Å². The maximum absolute atomic E-state index is 4.12. The molecule has 2 heterocycles. The normalized spacial score (nSPS) is 10.9. The molecule has 0 spiro atoms. The molecule has 2 rings (SSSR count). The summed E-state index contributed by atoms with van der Waals surface area (Å²) in [6, 6.07) is 0. The van der Waals surface area contributed by atoms with Gasteiger partial charge in [0.15, 0.2) is 0 Å². The molecule has 2 aromatic rings. The van der Waals surface area contributed by atoms with Crippen LogP contribution in [0.2, 0.25) is 0 Å². The standard InChI is InChI=1S/C10H16N6/c1-3-4-11-5-9-6-12-14-16(9)10-7-13-15(2)8-10/h6-8,11H,3-5H2,1-2H3. The topological polar surface area (TPSA) is 60.6 Å². The fourth-order valence-electron chi connectivity index (χ4n) is 1.51. The van der Waals surface area contributed by atoms with Gasteiger partial charge in [0.05, 0.1) is 24.3 Å². The highest BCUT2D eigenvalue weighted by Gasteiger charge is 2.06. The van der Waals surface area contributed by atoms with Gasteiger partial charge in [-0.1, -0.05) is 12.1 Å². The highest BCUT2D eigenvalue weighted by Crippen LogP contribution is 2.07. The van der Waals surface area contributed by atoms with Gasteiger partial charge < -0.3 is 5.32 Å². The molecule has 1 N–H and O–H groups in total. The Balaban J connectivity index is 2.12. The molecule has 0 saturated heterocycles. The molecular weight excluding hydrogens is 204 g/mol. The first kappa shape index (κ1) is 10.8. The average molecular weight is 220 g/mol. The van der Waals surface area contributed by atoms with E-state index in [2.05, 4.69) is 27.7 Å². The van der Waals surface area contributed by atoms with Gasteiger partial charge in [0.25, 0.3) is 0 Å². The monoisotopic (exact) mass is 220 g/mol. The van der Waals surface area contributed by atoms with Crippen LogP contribution in [0.25, 0.3) is 5.69 Å². The Bertz CT molecular complexity index is 444. The van der Waals surface area contributed by atoms with E-state index in [1.54, 1.807) is 21.8 Å². The second-order valence-electron chi connectivity index (χ2n) is 3.69. The van der Waals surface area contributed by atoms with Crippen molar-refractivity contribution in [3.05, 3.63) is 24.3 Å². The molecule has 0 amide bonds. The summed E-state index contributed by atoms with van der Waals surface area (Å²) in [5.41, 5.74) is 1.98. The minimum absolute atomic E-state index is 0.774. The van der Waals surface area contributed by atoms with Crippen LogP contribution in [0, 0.1) is 0 Å². The maximum Gasteiger partial charge on any atom is 0.105 e. The maximum atomic E-state index is 4.12. The first-order chi connectivity index (χ1) is 7.81. The summed E-state index contributed by atoms with van der Waals surface area (Å²) in [5.74, 6) is 0. The van der Waals surface area contributed by atoms with Gasteiger partial charge in [0.2, 0.25) is 0 Å². The van der Waals surface area contributed by atoms with Gasteiger partial charge in [-0.25, -0.2) is 4.68 Å². The highest BCUT2D eigenvalue weighted by atomic mass is 15.4. The molecule has 0 fully saturated rings. The Kier molecular flexibility index (Phi) is 3.31.